The molecular formula is C12H14Cl2O2. The smallest absolute Gasteiger partial charge is 0.141 e. The minimum Gasteiger partial charge on any atom is -0.495 e. The lowest BCUT2D eigenvalue weighted by molar-refractivity contribution is -0.121. The first-order valence-corrected chi connectivity index (χ1v) is 5.61. The number of hydrogen-bond donors (Lipinski definition) is 0. The van der Waals surface area contributed by atoms with Crippen LogP contribution >= 0.6 is 23.2 Å². The SMILES string of the molecule is COc1c(Cl)cc(Cl)cc1C(C)(C)C(C)=O. The van der Waals surface area contributed by atoms with E-state index in [4.69, 9.17) is 27.9 Å². The maximum Gasteiger partial charge on any atom is 0.141 e. The van der Waals surface area contributed by atoms with Gasteiger partial charge in [-0.1, -0.05) is 23.2 Å². The van der Waals surface area contributed by atoms with Gasteiger partial charge in [0.15, 0.2) is 0 Å². The van der Waals surface area contributed by atoms with Crippen molar-refractivity contribution in [1.29, 1.82) is 0 Å². The largest absolute Gasteiger partial charge is 0.495 e. The Bertz CT molecular complexity index is 425. The molecule has 0 fully saturated rings. The number of benzene rings is 1. The summed E-state index contributed by atoms with van der Waals surface area (Å²) >= 11 is 12.0. The third-order valence-corrected chi connectivity index (χ3v) is 3.26. The van der Waals surface area contributed by atoms with Gasteiger partial charge in [-0.15, -0.1) is 0 Å². The molecule has 0 radical (unpaired) electrons. The summed E-state index contributed by atoms with van der Waals surface area (Å²) in [6, 6.07) is 3.31. The number of halogens is 2. The van der Waals surface area contributed by atoms with Crippen LogP contribution < -0.4 is 4.74 Å². The van der Waals surface area contributed by atoms with Crippen LogP contribution in [0.15, 0.2) is 12.1 Å². The molecule has 0 aliphatic carbocycles. The summed E-state index contributed by atoms with van der Waals surface area (Å²) in [5.74, 6) is 0.537. The Balaban J connectivity index is 3.48. The number of carbonyl (C=O) groups is 1. The van der Waals surface area contributed by atoms with Gasteiger partial charge in [-0.05, 0) is 32.9 Å². The predicted molar refractivity (Wildman–Crippen MR) is 66.7 cm³/mol. The molecule has 0 unspecified atom stereocenters. The Labute approximate surface area is 106 Å². The van der Waals surface area contributed by atoms with Gasteiger partial charge < -0.3 is 4.74 Å². The zero-order valence-corrected chi connectivity index (χ0v) is 11.2. The van der Waals surface area contributed by atoms with Gasteiger partial charge in [-0.3, -0.25) is 4.79 Å². The zero-order chi connectivity index (χ0) is 12.5. The maximum absolute atomic E-state index is 11.6. The molecule has 88 valence electrons. The molecule has 0 heterocycles. The molecule has 0 aromatic heterocycles. The number of ether oxygens (including phenoxy) is 1. The Morgan fingerprint density at radius 1 is 1.31 bits per heavy atom. The highest BCUT2D eigenvalue weighted by Gasteiger charge is 2.30. The average Bonchev–Trinajstić information content (AvgIpc) is 2.16. The van der Waals surface area contributed by atoms with E-state index < -0.39 is 5.41 Å². The number of Topliss-reactive ketones (excluding diaryl/α,β-unsaturated/α-hetero) is 1. The zero-order valence-electron chi connectivity index (χ0n) is 9.73. The van der Waals surface area contributed by atoms with E-state index in [1.807, 2.05) is 13.8 Å². The molecule has 1 aromatic rings. The highest BCUT2D eigenvalue weighted by Crippen LogP contribution is 2.39. The van der Waals surface area contributed by atoms with Crippen LogP contribution in [-0.2, 0) is 10.2 Å². The van der Waals surface area contributed by atoms with Gasteiger partial charge in [0.25, 0.3) is 0 Å². The van der Waals surface area contributed by atoms with Gasteiger partial charge in [0, 0.05) is 10.6 Å². The number of hydrogen-bond acceptors (Lipinski definition) is 2. The Morgan fingerprint density at radius 3 is 2.31 bits per heavy atom. The molecule has 0 saturated carbocycles. The highest BCUT2D eigenvalue weighted by atomic mass is 35.5. The minimum absolute atomic E-state index is 0.0316. The van der Waals surface area contributed by atoms with Crippen molar-refractivity contribution in [3.05, 3.63) is 27.7 Å². The lowest BCUT2D eigenvalue weighted by atomic mass is 9.80. The molecule has 4 heteroatoms. The van der Waals surface area contributed by atoms with E-state index in [1.165, 1.54) is 14.0 Å². The fourth-order valence-corrected chi connectivity index (χ4v) is 1.99. The first-order chi connectivity index (χ1) is 7.30. The second kappa shape index (κ2) is 4.64. The van der Waals surface area contributed by atoms with E-state index in [-0.39, 0.29) is 5.78 Å². The first kappa shape index (κ1) is 13.3. The van der Waals surface area contributed by atoms with Gasteiger partial charge in [0.2, 0.25) is 0 Å². The van der Waals surface area contributed by atoms with E-state index in [0.29, 0.717) is 21.4 Å². The summed E-state index contributed by atoms with van der Waals surface area (Å²) in [6.07, 6.45) is 0. The summed E-state index contributed by atoms with van der Waals surface area (Å²) in [7, 11) is 1.52. The molecule has 0 aliphatic rings. The van der Waals surface area contributed by atoms with E-state index >= 15 is 0 Å². The number of rotatable bonds is 3. The van der Waals surface area contributed by atoms with Gasteiger partial charge in [-0.2, -0.15) is 0 Å². The van der Waals surface area contributed by atoms with E-state index in [0.717, 1.165) is 0 Å². The molecule has 1 rings (SSSR count). The fourth-order valence-electron chi connectivity index (χ4n) is 1.42. The van der Waals surface area contributed by atoms with Crippen LogP contribution in [0.25, 0.3) is 0 Å². The number of methoxy groups -OCH3 is 1. The molecule has 0 amide bonds. The summed E-state index contributed by atoms with van der Waals surface area (Å²) in [4.78, 5) is 11.6. The molecule has 16 heavy (non-hydrogen) atoms. The number of ketones is 1. The standard InChI is InChI=1S/C12H14Cl2O2/c1-7(15)12(2,3)9-5-8(13)6-10(14)11(9)16-4/h5-6H,1-4H3. The number of carbonyl (C=O) groups excluding carboxylic acids is 1. The van der Waals surface area contributed by atoms with Gasteiger partial charge >= 0.3 is 0 Å². The van der Waals surface area contributed by atoms with E-state index in [9.17, 15) is 4.79 Å². The van der Waals surface area contributed by atoms with E-state index in [2.05, 4.69) is 0 Å². The van der Waals surface area contributed by atoms with Crippen LogP contribution in [0.3, 0.4) is 0 Å². The van der Waals surface area contributed by atoms with Crippen LogP contribution in [0.5, 0.6) is 5.75 Å². The van der Waals surface area contributed by atoms with Crippen molar-refractivity contribution in [3.63, 3.8) is 0 Å². The molecule has 2 nitrogen and oxygen atoms in total. The molecular weight excluding hydrogens is 247 g/mol. The highest BCUT2D eigenvalue weighted by molar-refractivity contribution is 6.35. The van der Waals surface area contributed by atoms with Crippen LogP contribution in [0.4, 0.5) is 0 Å². The van der Waals surface area contributed by atoms with Crippen molar-refractivity contribution in [1.82, 2.24) is 0 Å². The third-order valence-electron chi connectivity index (χ3n) is 2.77. The van der Waals surface area contributed by atoms with Crippen molar-refractivity contribution >= 4 is 29.0 Å². The van der Waals surface area contributed by atoms with Gasteiger partial charge in [-0.25, -0.2) is 0 Å². The third kappa shape index (κ3) is 2.33. The lowest BCUT2D eigenvalue weighted by Crippen LogP contribution is -2.27. The molecule has 0 N–H and O–H groups in total. The second-order valence-corrected chi connectivity index (χ2v) is 4.99. The monoisotopic (exact) mass is 260 g/mol. The molecule has 0 bridgehead atoms. The van der Waals surface area contributed by atoms with Crippen LogP contribution in [0.1, 0.15) is 26.3 Å². The fraction of sp³-hybridized carbons (Fsp3) is 0.417. The molecule has 0 aliphatic heterocycles. The molecule has 0 saturated heterocycles. The average molecular weight is 261 g/mol. The van der Waals surface area contributed by atoms with Crippen LogP contribution in [0.2, 0.25) is 10.0 Å². The maximum atomic E-state index is 11.6. The van der Waals surface area contributed by atoms with Crippen LogP contribution in [0, 0.1) is 0 Å². The Morgan fingerprint density at radius 2 is 1.88 bits per heavy atom. The summed E-state index contributed by atoms with van der Waals surface area (Å²) in [6.45, 7) is 5.17. The van der Waals surface area contributed by atoms with E-state index in [1.54, 1.807) is 12.1 Å². The minimum atomic E-state index is -0.667. The van der Waals surface area contributed by atoms with Crippen molar-refractivity contribution in [2.75, 3.05) is 7.11 Å². The van der Waals surface area contributed by atoms with Gasteiger partial charge in [0.1, 0.15) is 11.5 Å². The molecule has 1 aromatic carbocycles. The second-order valence-electron chi connectivity index (χ2n) is 4.15. The Hall–Kier alpha value is -0.730. The van der Waals surface area contributed by atoms with Crippen LogP contribution in [-0.4, -0.2) is 12.9 Å². The summed E-state index contributed by atoms with van der Waals surface area (Å²) in [5, 5.41) is 0.912. The van der Waals surface area contributed by atoms with Crippen molar-refractivity contribution in [2.24, 2.45) is 0 Å². The van der Waals surface area contributed by atoms with Crippen molar-refractivity contribution < 1.29 is 9.53 Å². The van der Waals surface area contributed by atoms with Crippen molar-refractivity contribution in [2.45, 2.75) is 26.2 Å². The Kier molecular flexibility index (Phi) is 3.87. The topological polar surface area (TPSA) is 26.3 Å². The van der Waals surface area contributed by atoms with Gasteiger partial charge in [0.05, 0.1) is 17.5 Å². The van der Waals surface area contributed by atoms with Crippen molar-refractivity contribution in [3.8, 4) is 5.75 Å². The quantitative estimate of drug-likeness (QED) is 0.825. The lowest BCUT2D eigenvalue weighted by Gasteiger charge is -2.25. The summed E-state index contributed by atoms with van der Waals surface area (Å²) < 4.78 is 5.22. The predicted octanol–water partition coefficient (Wildman–Crippen LogP) is 3.87. The summed E-state index contributed by atoms with van der Waals surface area (Å²) in [5.41, 5.74) is 0.0416. The first-order valence-electron chi connectivity index (χ1n) is 4.85. The molecule has 0 spiro atoms. The molecule has 0 atom stereocenters. The normalized spacial score (nSPS) is 11.4.